The van der Waals surface area contributed by atoms with Gasteiger partial charge >= 0.3 is 5.97 Å². The van der Waals surface area contributed by atoms with Crippen LogP contribution in [0.4, 0.5) is 11.5 Å². The molecule has 0 fully saturated rings. The molecular formula is C22H22N4O2. The molecule has 0 spiro atoms. The Kier molecular flexibility index (Phi) is 6.36. The Morgan fingerprint density at radius 3 is 2.46 bits per heavy atom. The number of benzene rings is 2. The van der Waals surface area contributed by atoms with Gasteiger partial charge in [0, 0.05) is 25.0 Å². The lowest BCUT2D eigenvalue weighted by Crippen LogP contribution is -2.21. The molecule has 0 saturated carbocycles. The van der Waals surface area contributed by atoms with Crippen LogP contribution in [0, 0.1) is 0 Å². The van der Waals surface area contributed by atoms with Crippen molar-refractivity contribution < 1.29 is 9.90 Å². The van der Waals surface area contributed by atoms with E-state index in [-0.39, 0.29) is 5.56 Å². The van der Waals surface area contributed by atoms with Crippen molar-refractivity contribution in [2.24, 2.45) is 5.10 Å². The Morgan fingerprint density at radius 1 is 1.11 bits per heavy atom. The smallest absolute Gasteiger partial charge is 0.337 e. The number of carboxylic acids is 1. The highest BCUT2D eigenvalue weighted by Crippen LogP contribution is 2.17. The minimum atomic E-state index is -1.00. The number of carbonyl (C=O) groups is 1. The minimum absolute atomic E-state index is 0.140. The van der Waals surface area contributed by atoms with E-state index in [4.69, 9.17) is 5.11 Å². The summed E-state index contributed by atoms with van der Waals surface area (Å²) < 4.78 is 0. The third-order valence-electron chi connectivity index (χ3n) is 4.26. The molecule has 1 aromatic heterocycles. The molecule has 0 aliphatic carbocycles. The normalized spacial score (nSPS) is 10.8. The Morgan fingerprint density at radius 2 is 1.86 bits per heavy atom. The number of hydrogen-bond donors (Lipinski definition) is 2. The fourth-order valence-corrected chi connectivity index (χ4v) is 2.72. The van der Waals surface area contributed by atoms with Crippen molar-refractivity contribution >= 4 is 23.7 Å². The van der Waals surface area contributed by atoms with Gasteiger partial charge in [0.1, 0.15) is 5.82 Å². The van der Waals surface area contributed by atoms with Crippen LogP contribution in [0.15, 0.2) is 78.0 Å². The van der Waals surface area contributed by atoms with E-state index in [1.807, 2.05) is 18.2 Å². The van der Waals surface area contributed by atoms with E-state index in [0.717, 1.165) is 24.3 Å². The monoisotopic (exact) mass is 374 g/mol. The lowest BCUT2D eigenvalue weighted by atomic mass is 10.1. The molecule has 6 heteroatoms. The number of nitrogens with zero attached hydrogens (tertiary/aromatic N) is 3. The van der Waals surface area contributed by atoms with Crippen LogP contribution in [0.2, 0.25) is 0 Å². The van der Waals surface area contributed by atoms with Crippen molar-refractivity contribution in [3.05, 3.63) is 89.6 Å². The molecule has 6 nitrogen and oxygen atoms in total. The third-order valence-corrected chi connectivity index (χ3v) is 4.26. The van der Waals surface area contributed by atoms with Gasteiger partial charge in [0.05, 0.1) is 11.8 Å². The van der Waals surface area contributed by atoms with E-state index < -0.39 is 5.97 Å². The van der Waals surface area contributed by atoms with Gasteiger partial charge in [-0.05, 0) is 42.3 Å². The number of carboxylic acid groups (broad SMARTS) is 1. The van der Waals surface area contributed by atoms with Crippen LogP contribution in [0.25, 0.3) is 0 Å². The predicted octanol–water partition coefficient (Wildman–Crippen LogP) is 4.25. The molecule has 28 heavy (non-hydrogen) atoms. The Bertz CT molecular complexity index is 923. The summed E-state index contributed by atoms with van der Waals surface area (Å²) in [6.07, 6.45) is 2.99. The first-order valence-electron chi connectivity index (χ1n) is 9.03. The second-order valence-corrected chi connectivity index (χ2v) is 6.20. The highest BCUT2D eigenvalue weighted by Gasteiger charge is 2.05. The largest absolute Gasteiger partial charge is 0.478 e. The van der Waals surface area contributed by atoms with Crippen molar-refractivity contribution in [2.75, 3.05) is 16.9 Å². The van der Waals surface area contributed by atoms with Gasteiger partial charge in [-0.15, -0.1) is 0 Å². The van der Waals surface area contributed by atoms with E-state index in [9.17, 15) is 4.79 Å². The molecule has 0 saturated heterocycles. The van der Waals surface area contributed by atoms with E-state index in [2.05, 4.69) is 63.7 Å². The topological polar surface area (TPSA) is 77.8 Å². The van der Waals surface area contributed by atoms with Crippen molar-refractivity contribution in [2.45, 2.75) is 13.5 Å². The van der Waals surface area contributed by atoms with Crippen LogP contribution >= 0.6 is 0 Å². The van der Waals surface area contributed by atoms with Gasteiger partial charge in [-0.1, -0.05) is 42.5 Å². The molecule has 142 valence electrons. The first kappa shape index (κ1) is 19.1. The molecule has 0 bridgehead atoms. The lowest BCUT2D eigenvalue weighted by Gasteiger charge is -2.23. The number of pyridine rings is 1. The van der Waals surface area contributed by atoms with Crippen molar-refractivity contribution in [1.29, 1.82) is 0 Å². The van der Waals surface area contributed by atoms with Crippen molar-refractivity contribution in [3.63, 3.8) is 0 Å². The minimum Gasteiger partial charge on any atom is -0.478 e. The van der Waals surface area contributed by atoms with E-state index in [1.165, 1.54) is 17.8 Å². The molecule has 2 N–H and O–H groups in total. The molecule has 2 aromatic carbocycles. The van der Waals surface area contributed by atoms with Crippen LogP contribution in [0.5, 0.6) is 0 Å². The molecule has 3 rings (SSSR count). The maximum Gasteiger partial charge on any atom is 0.337 e. The average molecular weight is 374 g/mol. The van der Waals surface area contributed by atoms with Crippen LogP contribution < -0.4 is 10.3 Å². The highest BCUT2D eigenvalue weighted by atomic mass is 16.4. The molecule has 0 unspecified atom stereocenters. The average Bonchev–Trinajstić information content (AvgIpc) is 2.74. The van der Waals surface area contributed by atoms with Gasteiger partial charge in [0.25, 0.3) is 0 Å². The van der Waals surface area contributed by atoms with Crippen molar-refractivity contribution in [1.82, 2.24) is 4.98 Å². The van der Waals surface area contributed by atoms with Gasteiger partial charge in [-0.2, -0.15) is 5.10 Å². The van der Waals surface area contributed by atoms with Gasteiger partial charge in [-0.25, -0.2) is 9.78 Å². The molecule has 0 aliphatic heterocycles. The summed E-state index contributed by atoms with van der Waals surface area (Å²) in [4.78, 5) is 17.1. The van der Waals surface area contributed by atoms with Gasteiger partial charge in [0.15, 0.2) is 0 Å². The second kappa shape index (κ2) is 9.32. The highest BCUT2D eigenvalue weighted by molar-refractivity contribution is 5.87. The third kappa shape index (κ3) is 5.17. The molecule has 0 aliphatic rings. The zero-order chi connectivity index (χ0) is 19.8. The number of hydrazone groups is 1. The summed E-state index contributed by atoms with van der Waals surface area (Å²) in [5, 5.41) is 13.0. The Labute approximate surface area is 164 Å². The zero-order valence-corrected chi connectivity index (χ0v) is 15.6. The summed E-state index contributed by atoms with van der Waals surface area (Å²) in [6, 6.07) is 21.6. The van der Waals surface area contributed by atoms with Crippen LogP contribution in [0.1, 0.15) is 28.4 Å². The number of rotatable bonds is 8. The standard InChI is InChI=1S/C22H22N4O2/c1-2-26(16-18-6-4-3-5-7-18)20-11-8-17(9-12-20)14-24-25-21-13-10-19(15-23-21)22(27)28/h3-15H,2,16H2,1H3,(H,23,25)(H,27,28)/b24-14+. The predicted molar refractivity (Wildman–Crippen MR) is 112 cm³/mol. The molecule has 1 heterocycles. The number of nitrogens with one attached hydrogen (secondary N) is 1. The first-order chi connectivity index (χ1) is 13.7. The lowest BCUT2D eigenvalue weighted by molar-refractivity contribution is 0.0696. The Hall–Kier alpha value is -3.67. The zero-order valence-electron chi connectivity index (χ0n) is 15.6. The molecule has 3 aromatic rings. The number of aromatic nitrogens is 1. The quantitative estimate of drug-likeness (QED) is 0.455. The van der Waals surface area contributed by atoms with Gasteiger partial charge in [-0.3, -0.25) is 5.43 Å². The maximum absolute atomic E-state index is 10.8. The maximum atomic E-state index is 10.8. The van der Waals surface area contributed by atoms with Crippen LogP contribution in [-0.2, 0) is 6.54 Å². The van der Waals surface area contributed by atoms with E-state index in [1.54, 1.807) is 12.3 Å². The molecular weight excluding hydrogens is 352 g/mol. The van der Waals surface area contributed by atoms with E-state index in [0.29, 0.717) is 5.82 Å². The fourth-order valence-electron chi connectivity index (χ4n) is 2.72. The second-order valence-electron chi connectivity index (χ2n) is 6.20. The fraction of sp³-hybridized carbons (Fsp3) is 0.136. The molecule has 0 amide bonds. The van der Waals surface area contributed by atoms with Crippen LogP contribution in [-0.4, -0.2) is 28.8 Å². The molecule has 0 atom stereocenters. The summed E-state index contributed by atoms with van der Waals surface area (Å²) >= 11 is 0. The number of hydrogen-bond acceptors (Lipinski definition) is 5. The van der Waals surface area contributed by atoms with E-state index >= 15 is 0 Å². The van der Waals surface area contributed by atoms with Gasteiger partial charge in [0.2, 0.25) is 0 Å². The van der Waals surface area contributed by atoms with Crippen LogP contribution in [0.3, 0.4) is 0 Å². The summed E-state index contributed by atoms with van der Waals surface area (Å²) in [7, 11) is 0. The molecule has 0 radical (unpaired) electrons. The number of anilines is 2. The summed E-state index contributed by atoms with van der Waals surface area (Å²) in [6.45, 7) is 3.93. The number of aromatic carboxylic acids is 1. The van der Waals surface area contributed by atoms with Gasteiger partial charge < -0.3 is 10.0 Å². The first-order valence-corrected chi connectivity index (χ1v) is 9.03. The van der Waals surface area contributed by atoms with Crippen molar-refractivity contribution in [3.8, 4) is 0 Å². The SMILES string of the molecule is CCN(Cc1ccccc1)c1ccc(/C=N/Nc2ccc(C(=O)O)cn2)cc1. The summed E-state index contributed by atoms with van der Waals surface area (Å²) in [5.74, 6) is -0.520. The summed E-state index contributed by atoms with van der Waals surface area (Å²) in [5.41, 5.74) is 6.32. The Balaban J connectivity index is 1.60.